The van der Waals surface area contributed by atoms with Crippen molar-refractivity contribution in [2.75, 3.05) is 12.0 Å². The van der Waals surface area contributed by atoms with Crippen LogP contribution in [0.1, 0.15) is 22.7 Å². The van der Waals surface area contributed by atoms with Gasteiger partial charge in [0, 0.05) is 11.8 Å². The Labute approximate surface area is 174 Å². The molecule has 1 atom stereocenters. The van der Waals surface area contributed by atoms with Gasteiger partial charge < -0.3 is 9.84 Å². The first-order valence-corrected chi connectivity index (χ1v) is 9.43. The Morgan fingerprint density at radius 3 is 2.33 bits per heavy atom. The number of anilines is 1. The van der Waals surface area contributed by atoms with E-state index in [1.54, 1.807) is 61.8 Å². The SMILES string of the molecule is COc1ccc(C2/C(=C(/O)c3ccc(C)cc3)C(=O)C(=O)N2c2cccnc2)cc1. The van der Waals surface area contributed by atoms with Gasteiger partial charge in [-0.1, -0.05) is 42.0 Å². The van der Waals surface area contributed by atoms with E-state index in [0.717, 1.165) is 5.56 Å². The van der Waals surface area contributed by atoms with Gasteiger partial charge in [0.2, 0.25) is 0 Å². The second-order valence-electron chi connectivity index (χ2n) is 7.02. The summed E-state index contributed by atoms with van der Waals surface area (Å²) in [7, 11) is 1.56. The average molecular weight is 400 g/mol. The fourth-order valence-electron chi connectivity index (χ4n) is 3.56. The molecule has 2 aromatic carbocycles. The largest absolute Gasteiger partial charge is 0.507 e. The monoisotopic (exact) mass is 400 g/mol. The third-order valence-electron chi connectivity index (χ3n) is 5.13. The van der Waals surface area contributed by atoms with Crippen LogP contribution >= 0.6 is 0 Å². The third kappa shape index (κ3) is 3.33. The molecular weight excluding hydrogens is 380 g/mol. The molecule has 1 aromatic heterocycles. The van der Waals surface area contributed by atoms with Crippen molar-refractivity contribution in [1.82, 2.24) is 4.98 Å². The van der Waals surface area contributed by atoms with Crippen LogP contribution in [0.15, 0.2) is 78.6 Å². The van der Waals surface area contributed by atoms with Crippen LogP contribution in [0, 0.1) is 6.92 Å². The van der Waals surface area contributed by atoms with Crippen molar-refractivity contribution in [3.63, 3.8) is 0 Å². The molecule has 0 radical (unpaired) electrons. The van der Waals surface area contributed by atoms with Gasteiger partial charge in [0.25, 0.3) is 11.7 Å². The van der Waals surface area contributed by atoms with Crippen molar-refractivity contribution in [2.24, 2.45) is 0 Å². The smallest absolute Gasteiger partial charge is 0.300 e. The quantitative estimate of drug-likeness (QED) is 0.406. The van der Waals surface area contributed by atoms with E-state index in [0.29, 0.717) is 22.6 Å². The number of aromatic nitrogens is 1. The zero-order valence-corrected chi connectivity index (χ0v) is 16.6. The fraction of sp³-hybridized carbons (Fsp3) is 0.125. The van der Waals surface area contributed by atoms with Gasteiger partial charge in [-0.15, -0.1) is 0 Å². The summed E-state index contributed by atoms with van der Waals surface area (Å²) < 4.78 is 5.22. The molecule has 0 aliphatic carbocycles. The van der Waals surface area contributed by atoms with Crippen molar-refractivity contribution in [3.05, 3.63) is 95.3 Å². The normalized spacial score (nSPS) is 17.9. The minimum Gasteiger partial charge on any atom is -0.507 e. The van der Waals surface area contributed by atoms with Crippen molar-refractivity contribution >= 4 is 23.1 Å². The highest BCUT2D eigenvalue weighted by Crippen LogP contribution is 2.42. The van der Waals surface area contributed by atoms with Crippen LogP contribution in [-0.4, -0.2) is 28.9 Å². The van der Waals surface area contributed by atoms with Gasteiger partial charge in [0.05, 0.1) is 30.6 Å². The number of aliphatic hydroxyl groups is 1. The van der Waals surface area contributed by atoms with Gasteiger partial charge in [0.1, 0.15) is 11.5 Å². The minimum absolute atomic E-state index is 0.0397. The molecule has 6 heteroatoms. The maximum atomic E-state index is 13.0. The number of ether oxygens (including phenoxy) is 1. The molecule has 4 rings (SSSR count). The number of aliphatic hydroxyl groups excluding tert-OH is 1. The van der Waals surface area contributed by atoms with E-state index in [1.165, 1.54) is 11.1 Å². The van der Waals surface area contributed by atoms with Gasteiger partial charge in [-0.3, -0.25) is 19.5 Å². The average Bonchev–Trinajstić information content (AvgIpc) is 3.05. The molecule has 1 saturated heterocycles. The maximum absolute atomic E-state index is 13.0. The summed E-state index contributed by atoms with van der Waals surface area (Å²) in [5.41, 5.74) is 2.69. The lowest BCUT2D eigenvalue weighted by atomic mass is 9.95. The van der Waals surface area contributed by atoms with Gasteiger partial charge in [-0.2, -0.15) is 0 Å². The van der Waals surface area contributed by atoms with Crippen LogP contribution in [0.5, 0.6) is 5.75 Å². The first-order chi connectivity index (χ1) is 14.5. The molecule has 1 N–H and O–H groups in total. The lowest BCUT2D eigenvalue weighted by molar-refractivity contribution is -0.132. The number of amides is 1. The standard InChI is InChI=1S/C24H20N2O4/c1-15-5-7-17(8-6-15)22(27)20-21(16-9-11-19(30-2)12-10-16)26(24(29)23(20)28)18-4-3-13-25-14-18/h3-14,21,27H,1-2H3/b22-20-. The van der Waals surface area contributed by atoms with E-state index < -0.39 is 17.7 Å². The van der Waals surface area contributed by atoms with Crippen LogP contribution < -0.4 is 9.64 Å². The second kappa shape index (κ2) is 7.83. The van der Waals surface area contributed by atoms with Gasteiger partial charge in [-0.25, -0.2) is 0 Å². The Hall–Kier alpha value is -3.93. The summed E-state index contributed by atoms with van der Waals surface area (Å²) in [5.74, 6) is -1.01. The molecule has 3 aromatic rings. The van der Waals surface area contributed by atoms with E-state index in [9.17, 15) is 14.7 Å². The number of benzene rings is 2. The molecule has 6 nitrogen and oxygen atoms in total. The Morgan fingerprint density at radius 1 is 1.03 bits per heavy atom. The lowest BCUT2D eigenvalue weighted by Crippen LogP contribution is -2.29. The van der Waals surface area contributed by atoms with Crippen molar-refractivity contribution in [2.45, 2.75) is 13.0 Å². The Kier molecular flexibility index (Phi) is 5.06. The number of carbonyl (C=O) groups is 2. The molecule has 1 aliphatic heterocycles. The van der Waals surface area contributed by atoms with Crippen LogP contribution in [0.3, 0.4) is 0 Å². The van der Waals surface area contributed by atoms with Crippen LogP contribution in [0.4, 0.5) is 5.69 Å². The fourth-order valence-corrected chi connectivity index (χ4v) is 3.56. The van der Waals surface area contributed by atoms with Crippen molar-refractivity contribution in [3.8, 4) is 5.75 Å². The lowest BCUT2D eigenvalue weighted by Gasteiger charge is -2.25. The molecule has 1 unspecified atom stereocenters. The van der Waals surface area contributed by atoms with Crippen molar-refractivity contribution in [1.29, 1.82) is 0 Å². The highest BCUT2D eigenvalue weighted by atomic mass is 16.5. The number of pyridine rings is 1. The topological polar surface area (TPSA) is 79.7 Å². The molecule has 0 saturated carbocycles. The summed E-state index contributed by atoms with van der Waals surface area (Å²) >= 11 is 0. The first kappa shape index (κ1) is 19.4. The summed E-state index contributed by atoms with van der Waals surface area (Å²) in [6.07, 6.45) is 3.11. The predicted molar refractivity (Wildman–Crippen MR) is 113 cm³/mol. The molecule has 150 valence electrons. The van der Waals surface area contributed by atoms with E-state index in [4.69, 9.17) is 4.74 Å². The zero-order chi connectivity index (χ0) is 21.3. The number of nitrogens with zero attached hydrogens (tertiary/aromatic N) is 2. The van der Waals surface area contributed by atoms with Crippen LogP contribution in [0.25, 0.3) is 5.76 Å². The zero-order valence-electron chi connectivity index (χ0n) is 16.6. The molecule has 0 spiro atoms. The summed E-state index contributed by atoms with van der Waals surface area (Å²) in [4.78, 5) is 31.5. The number of Topliss-reactive ketones (excluding diaryl/α,β-unsaturated/α-hetero) is 1. The van der Waals surface area contributed by atoms with E-state index in [1.807, 2.05) is 19.1 Å². The number of methoxy groups -OCH3 is 1. The van der Waals surface area contributed by atoms with Crippen LogP contribution in [0.2, 0.25) is 0 Å². The van der Waals surface area contributed by atoms with Gasteiger partial charge >= 0.3 is 0 Å². The number of ketones is 1. The molecular formula is C24H20N2O4. The predicted octanol–water partition coefficient (Wildman–Crippen LogP) is 4.02. The molecule has 1 aliphatic rings. The second-order valence-corrected chi connectivity index (χ2v) is 7.02. The highest BCUT2D eigenvalue weighted by Gasteiger charge is 2.47. The summed E-state index contributed by atoms with van der Waals surface area (Å²) in [5, 5.41) is 11.0. The Balaban J connectivity index is 1.92. The minimum atomic E-state index is -0.790. The Morgan fingerprint density at radius 2 is 1.73 bits per heavy atom. The molecule has 1 amide bonds. The van der Waals surface area contributed by atoms with E-state index in [-0.39, 0.29) is 11.3 Å². The molecule has 30 heavy (non-hydrogen) atoms. The summed E-state index contributed by atoms with van der Waals surface area (Å²) in [6.45, 7) is 1.93. The number of rotatable bonds is 4. The molecule has 2 heterocycles. The third-order valence-corrected chi connectivity index (χ3v) is 5.13. The van der Waals surface area contributed by atoms with E-state index >= 15 is 0 Å². The Bertz CT molecular complexity index is 1120. The van der Waals surface area contributed by atoms with Crippen LogP contribution in [-0.2, 0) is 9.59 Å². The first-order valence-electron chi connectivity index (χ1n) is 9.43. The number of carbonyl (C=O) groups excluding carboxylic acids is 2. The van der Waals surface area contributed by atoms with E-state index in [2.05, 4.69) is 4.98 Å². The van der Waals surface area contributed by atoms with Crippen molar-refractivity contribution < 1.29 is 19.4 Å². The summed E-state index contributed by atoms with van der Waals surface area (Å²) in [6, 6.07) is 16.8. The number of hydrogen-bond acceptors (Lipinski definition) is 5. The molecule has 1 fully saturated rings. The molecule has 0 bridgehead atoms. The van der Waals surface area contributed by atoms with Gasteiger partial charge in [-0.05, 0) is 36.8 Å². The highest BCUT2D eigenvalue weighted by molar-refractivity contribution is 6.51. The number of aryl methyl sites for hydroxylation is 1. The van der Waals surface area contributed by atoms with Gasteiger partial charge in [0.15, 0.2) is 0 Å². The maximum Gasteiger partial charge on any atom is 0.300 e. The number of hydrogen-bond donors (Lipinski definition) is 1.